The van der Waals surface area contributed by atoms with Crippen molar-refractivity contribution in [2.75, 3.05) is 46.0 Å². The molecule has 3 unspecified atom stereocenters. The smallest absolute Gasteiger partial charge is 0.271 e. The zero-order valence-corrected chi connectivity index (χ0v) is 34.4. The predicted octanol–water partition coefficient (Wildman–Crippen LogP) is -3.78. The molecular weight excluding hydrogens is 830 g/mol. The lowest BCUT2D eigenvalue weighted by molar-refractivity contribution is -0.192. The number of nitrogens with zero attached hydrogens (tertiary/aromatic N) is 3. The van der Waals surface area contributed by atoms with Gasteiger partial charge in [0.15, 0.2) is 34.3 Å². The van der Waals surface area contributed by atoms with Crippen molar-refractivity contribution in [3.05, 3.63) is 84.5 Å². The highest BCUT2D eigenvalue weighted by atomic mass is 16.3. The van der Waals surface area contributed by atoms with Gasteiger partial charge in [0.05, 0.1) is 57.8 Å². The summed E-state index contributed by atoms with van der Waals surface area (Å²) in [6, 6.07) is 3.01. The third-order valence-electron chi connectivity index (χ3n) is 12.8. The summed E-state index contributed by atoms with van der Waals surface area (Å²) in [6.45, 7) is -3.12. The van der Waals surface area contributed by atoms with Crippen molar-refractivity contribution in [3.63, 3.8) is 0 Å². The number of aromatic hydroxyl groups is 3. The maximum absolute atomic E-state index is 13.9. The first-order valence-electron chi connectivity index (χ1n) is 20.5. The maximum atomic E-state index is 13.9. The van der Waals surface area contributed by atoms with Gasteiger partial charge in [0.25, 0.3) is 17.7 Å². The summed E-state index contributed by atoms with van der Waals surface area (Å²) in [5.41, 5.74) is -0.541. The molecule has 344 valence electrons. The molecule has 0 radical (unpaired) electrons. The van der Waals surface area contributed by atoms with Crippen LogP contribution in [-0.2, 0) is 19.6 Å². The maximum Gasteiger partial charge on any atom is 0.271 e. The molecule has 3 aromatic rings. The van der Waals surface area contributed by atoms with Gasteiger partial charge in [-0.15, -0.1) is 0 Å². The van der Waals surface area contributed by atoms with Crippen molar-refractivity contribution in [3.8, 4) is 17.2 Å². The third-order valence-corrected chi connectivity index (χ3v) is 12.8. The van der Waals surface area contributed by atoms with Crippen LogP contribution in [0.4, 0.5) is 0 Å². The van der Waals surface area contributed by atoms with Gasteiger partial charge in [-0.2, -0.15) is 0 Å². The number of carbonyl (C=O) groups excluding carboxylic acids is 3. The van der Waals surface area contributed by atoms with Gasteiger partial charge in [-0.25, -0.2) is 0 Å². The average molecular weight is 886 g/mol. The molecule has 4 aliphatic carbocycles. The van der Waals surface area contributed by atoms with E-state index in [4.69, 9.17) is 5.73 Å². The van der Waals surface area contributed by atoms with Crippen LogP contribution in [0.25, 0.3) is 0 Å². The van der Waals surface area contributed by atoms with E-state index in [-0.39, 0.29) is 45.8 Å². The van der Waals surface area contributed by atoms with Crippen LogP contribution in [0.5, 0.6) is 17.2 Å². The number of rotatable bonds is 19. The van der Waals surface area contributed by atoms with E-state index in [0.717, 1.165) is 31.9 Å². The van der Waals surface area contributed by atoms with Crippen LogP contribution in [0.15, 0.2) is 51.2 Å². The number of aliphatic hydroxyl groups excluding tert-OH is 6. The standard InChI is InChI=1S/C41H55N7O15/c42-19-38-13-39(20-43-35(61)29-32(58)26(55)1-4-46(29)7-23(52)10-49)16-40(14-38,21-44-36(62)30-33(59)27(56)2-5-47(30)8-24(53)11-50)18-41(15-38,17-39)22-45-37(63)31-34(60)28(57)3-6-48(31)9-25(54)12-51/h1-6,23-25,49-54,58-60H,7-22,42H2,(H,43,61)(H,44,62)(H,45,63)/t23?,24?,25?,38?,39-,40+,41-. The van der Waals surface area contributed by atoms with Gasteiger partial charge in [0.1, 0.15) is 0 Å². The first-order chi connectivity index (χ1) is 29.8. The Morgan fingerprint density at radius 3 is 1.02 bits per heavy atom. The fraction of sp³-hybridized carbons (Fsp3) is 0.561. The quantitative estimate of drug-likeness (QED) is 0.0549. The van der Waals surface area contributed by atoms with Crippen LogP contribution in [-0.4, -0.2) is 142 Å². The molecule has 0 aromatic carbocycles. The summed E-state index contributed by atoms with van der Waals surface area (Å²) >= 11 is 0. The van der Waals surface area contributed by atoms with Crippen LogP contribution in [0.1, 0.15) is 70.0 Å². The molecular formula is C41H55N7O15. The summed E-state index contributed by atoms with van der Waals surface area (Å²) in [5.74, 6) is -5.27. The molecule has 3 heterocycles. The van der Waals surface area contributed by atoms with E-state index in [1.165, 1.54) is 18.6 Å². The summed E-state index contributed by atoms with van der Waals surface area (Å²) in [6.07, 6.45) is 1.99. The van der Waals surface area contributed by atoms with Crippen molar-refractivity contribution in [2.24, 2.45) is 27.4 Å². The fourth-order valence-electron chi connectivity index (χ4n) is 11.1. The minimum absolute atomic E-state index is 0.0693. The Balaban J connectivity index is 1.36. The molecule has 0 aliphatic heterocycles. The molecule has 3 atom stereocenters. The third kappa shape index (κ3) is 9.51. The Labute approximate surface area is 358 Å². The Bertz CT molecular complexity index is 2150. The van der Waals surface area contributed by atoms with E-state index < -0.39 is 128 Å². The normalized spacial score (nSPS) is 25.0. The van der Waals surface area contributed by atoms with Crippen LogP contribution >= 0.6 is 0 Å². The van der Waals surface area contributed by atoms with Crippen molar-refractivity contribution in [2.45, 2.75) is 76.5 Å². The van der Waals surface area contributed by atoms with Gasteiger partial charge in [-0.05, 0) is 66.7 Å². The second kappa shape index (κ2) is 18.2. The highest BCUT2D eigenvalue weighted by Gasteiger charge is 2.67. The monoisotopic (exact) mass is 885 g/mol. The van der Waals surface area contributed by atoms with E-state index >= 15 is 0 Å². The summed E-state index contributed by atoms with van der Waals surface area (Å²) in [5, 5.41) is 99.6. The molecule has 7 rings (SSSR count). The molecule has 4 saturated carbocycles. The number of nitrogens with one attached hydrogen (secondary N) is 3. The second-order valence-electron chi connectivity index (χ2n) is 17.9. The average Bonchev–Trinajstić information content (AvgIpc) is 3.24. The van der Waals surface area contributed by atoms with Crippen LogP contribution in [0.3, 0.4) is 0 Å². The second-order valence-corrected chi connectivity index (χ2v) is 17.9. The summed E-state index contributed by atoms with van der Waals surface area (Å²) in [4.78, 5) is 79.4. The zero-order valence-electron chi connectivity index (χ0n) is 34.4. The van der Waals surface area contributed by atoms with Gasteiger partial charge in [-0.3, -0.25) is 28.8 Å². The fourth-order valence-corrected chi connectivity index (χ4v) is 11.1. The molecule has 22 nitrogen and oxygen atoms in total. The number of hydrogen-bond donors (Lipinski definition) is 13. The minimum Gasteiger partial charge on any atom is -0.503 e. The number of pyridine rings is 3. The number of amides is 3. The molecule has 0 spiro atoms. The lowest BCUT2D eigenvalue weighted by Gasteiger charge is -2.71. The topological polar surface area (TPSA) is 361 Å². The van der Waals surface area contributed by atoms with Crippen molar-refractivity contribution in [1.29, 1.82) is 0 Å². The van der Waals surface area contributed by atoms with Crippen LogP contribution in [0, 0.1) is 21.7 Å². The van der Waals surface area contributed by atoms with E-state index in [0.29, 0.717) is 38.5 Å². The largest absolute Gasteiger partial charge is 0.503 e. The van der Waals surface area contributed by atoms with Crippen molar-refractivity contribution < 1.29 is 60.3 Å². The predicted molar refractivity (Wildman–Crippen MR) is 220 cm³/mol. The lowest BCUT2D eigenvalue weighted by Crippen LogP contribution is -2.68. The molecule has 0 saturated heterocycles. The van der Waals surface area contributed by atoms with Crippen LogP contribution in [0.2, 0.25) is 0 Å². The molecule has 63 heavy (non-hydrogen) atoms. The van der Waals surface area contributed by atoms with Gasteiger partial charge >= 0.3 is 0 Å². The van der Waals surface area contributed by atoms with E-state index in [9.17, 15) is 74.7 Å². The van der Waals surface area contributed by atoms with Gasteiger partial charge in [-0.1, -0.05) is 0 Å². The molecule has 4 bridgehead atoms. The summed E-state index contributed by atoms with van der Waals surface area (Å²) in [7, 11) is 0. The number of nitrogens with two attached hydrogens (primary N) is 1. The first-order valence-corrected chi connectivity index (χ1v) is 20.5. The Morgan fingerprint density at radius 2 is 0.778 bits per heavy atom. The minimum atomic E-state index is -1.34. The molecule has 3 amide bonds. The van der Waals surface area contributed by atoms with E-state index in [1.807, 2.05) is 0 Å². The number of hydrogen-bond acceptors (Lipinski definition) is 16. The SMILES string of the molecule is NCC12C[C@]3(CNC(=O)c4c(O)c(=O)ccn4CC(O)CO)C[C@](CNC(=O)c4c(O)c(=O)ccn4CC(O)CO)(C1)C[C@](CNC(=O)c1c(O)c(=O)ccn1CC(O)CO)(C2)C3. The number of aliphatic hydroxyl groups is 6. The van der Waals surface area contributed by atoms with Gasteiger partial charge in [0, 0.05) is 56.4 Å². The Morgan fingerprint density at radius 1 is 0.524 bits per heavy atom. The summed E-state index contributed by atoms with van der Waals surface area (Å²) < 4.78 is 3.41. The Kier molecular flexibility index (Phi) is 13.6. The first kappa shape index (κ1) is 46.9. The van der Waals surface area contributed by atoms with Crippen molar-refractivity contribution >= 4 is 17.7 Å². The molecule has 4 aliphatic rings. The van der Waals surface area contributed by atoms with Gasteiger partial charge in [0.2, 0.25) is 16.3 Å². The highest BCUT2D eigenvalue weighted by Crippen LogP contribution is 2.73. The molecule has 22 heteroatoms. The van der Waals surface area contributed by atoms with E-state index in [2.05, 4.69) is 16.0 Å². The van der Waals surface area contributed by atoms with Gasteiger partial charge < -0.3 is 81.3 Å². The lowest BCUT2D eigenvalue weighted by atomic mass is 9.35. The molecule has 4 fully saturated rings. The van der Waals surface area contributed by atoms with E-state index in [1.54, 1.807) is 0 Å². The molecule has 14 N–H and O–H groups in total. The van der Waals surface area contributed by atoms with Crippen molar-refractivity contribution in [1.82, 2.24) is 29.7 Å². The number of aromatic nitrogens is 3. The highest BCUT2D eigenvalue weighted by molar-refractivity contribution is 5.96. The Hall–Kier alpha value is -5.62. The molecule has 3 aromatic heterocycles. The van der Waals surface area contributed by atoms with Crippen LogP contribution < -0.4 is 38.0 Å². The number of carbonyl (C=O) groups is 3. The zero-order chi connectivity index (χ0) is 46.1.